The third-order valence-electron chi connectivity index (χ3n) is 2.98. The summed E-state index contributed by atoms with van der Waals surface area (Å²) < 4.78 is 0. The molecule has 1 aromatic rings. The third-order valence-corrected chi connectivity index (χ3v) is 2.98. The maximum absolute atomic E-state index is 11.2. The fraction of sp³-hybridized carbons (Fsp3) is 0.571. The van der Waals surface area contributed by atoms with Crippen LogP contribution in [0, 0.1) is 0 Å². The number of pyridine rings is 1. The molecule has 1 aromatic heterocycles. The van der Waals surface area contributed by atoms with Crippen LogP contribution in [0.5, 0.6) is 0 Å². The van der Waals surface area contributed by atoms with E-state index in [1.165, 1.54) is 19.3 Å². The number of nitrogens with zero attached hydrogens (tertiary/aromatic N) is 1. The number of unbranched alkanes of at least 4 members (excludes halogenated alkanes) is 4. The van der Waals surface area contributed by atoms with Gasteiger partial charge in [0, 0.05) is 12.4 Å². The zero-order valence-electron chi connectivity index (χ0n) is 10.4. The minimum atomic E-state index is -0.742. The summed E-state index contributed by atoms with van der Waals surface area (Å²) in [6.45, 7) is 2.18. The van der Waals surface area contributed by atoms with Crippen LogP contribution >= 0.6 is 0 Å². The minimum absolute atomic E-state index is 0.398. The molecule has 0 aliphatic rings. The molecule has 0 fully saturated rings. The SMILES string of the molecule is CCCCCCCC(C(=O)O)c1cccnc1. The van der Waals surface area contributed by atoms with Gasteiger partial charge in [-0.1, -0.05) is 45.1 Å². The molecule has 1 unspecified atom stereocenters. The van der Waals surface area contributed by atoms with Crippen LogP contribution in [0.15, 0.2) is 24.5 Å². The molecule has 0 spiro atoms. The predicted molar refractivity (Wildman–Crippen MR) is 68.0 cm³/mol. The molecule has 0 aromatic carbocycles. The molecule has 3 nitrogen and oxygen atoms in total. The van der Waals surface area contributed by atoms with Crippen molar-refractivity contribution in [3.8, 4) is 0 Å². The van der Waals surface area contributed by atoms with Crippen molar-refractivity contribution < 1.29 is 9.90 Å². The standard InChI is InChI=1S/C14H21NO2/c1-2-3-4-5-6-9-13(14(16)17)12-8-7-10-15-11-12/h7-8,10-11,13H,2-6,9H2,1H3,(H,16,17). The zero-order chi connectivity index (χ0) is 12.5. The largest absolute Gasteiger partial charge is 0.481 e. The second-order valence-electron chi connectivity index (χ2n) is 4.38. The Bertz CT molecular complexity index is 324. The van der Waals surface area contributed by atoms with Crippen LogP contribution in [0.3, 0.4) is 0 Å². The molecule has 17 heavy (non-hydrogen) atoms. The number of rotatable bonds is 8. The lowest BCUT2D eigenvalue weighted by Gasteiger charge is -2.11. The maximum atomic E-state index is 11.2. The Balaban J connectivity index is 2.42. The molecule has 1 atom stereocenters. The molecule has 0 saturated carbocycles. The van der Waals surface area contributed by atoms with Gasteiger partial charge in [-0.25, -0.2) is 0 Å². The van der Waals surface area contributed by atoms with Crippen molar-refractivity contribution in [1.82, 2.24) is 4.98 Å². The predicted octanol–water partition coefficient (Wildman–Crippen LogP) is 3.61. The Morgan fingerprint density at radius 3 is 2.71 bits per heavy atom. The highest BCUT2D eigenvalue weighted by molar-refractivity contribution is 5.75. The summed E-state index contributed by atoms with van der Waals surface area (Å²) >= 11 is 0. The van der Waals surface area contributed by atoms with E-state index >= 15 is 0 Å². The lowest BCUT2D eigenvalue weighted by atomic mass is 9.94. The molecule has 0 amide bonds. The summed E-state index contributed by atoms with van der Waals surface area (Å²) in [5.41, 5.74) is 0.815. The topological polar surface area (TPSA) is 50.2 Å². The summed E-state index contributed by atoms with van der Waals surface area (Å²) in [7, 11) is 0. The van der Waals surface area contributed by atoms with Gasteiger partial charge in [-0.2, -0.15) is 0 Å². The van der Waals surface area contributed by atoms with Crippen molar-refractivity contribution in [2.45, 2.75) is 51.4 Å². The molecule has 3 heteroatoms. The van der Waals surface area contributed by atoms with Crippen LogP contribution in [-0.2, 0) is 4.79 Å². The van der Waals surface area contributed by atoms with E-state index in [2.05, 4.69) is 11.9 Å². The van der Waals surface area contributed by atoms with E-state index < -0.39 is 11.9 Å². The Kier molecular flexibility index (Phi) is 6.30. The minimum Gasteiger partial charge on any atom is -0.481 e. The second kappa shape index (κ2) is 7.82. The first-order chi connectivity index (χ1) is 8.25. The summed E-state index contributed by atoms with van der Waals surface area (Å²) in [6, 6.07) is 3.64. The third kappa shape index (κ3) is 4.98. The highest BCUT2D eigenvalue weighted by Gasteiger charge is 2.18. The second-order valence-corrected chi connectivity index (χ2v) is 4.38. The molecular weight excluding hydrogens is 214 g/mol. The average molecular weight is 235 g/mol. The van der Waals surface area contributed by atoms with Crippen molar-refractivity contribution in [1.29, 1.82) is 0 Å². The van der Waals surface area contributed by atoms with Gasteiger partial charge < -0.3 is 5.11 Å². The van der Waals surface area contributed by atoms with E-state index in [1.54, 1.807) is 18.5 Å². The number of hydrogen-bond donors (Lipinski definition) is 1. The Morgan fingerprint density at radius 1 is 1.35 bits per heavy atom. The van der Waals surface area contributed by atoms with E-state index in [1.807, 2.05) is 6.07 Å². The van der Waals surface area contributed by atoms with Gasteiger partial charge in [0.1, 0.15) is 0 Å². The molecule has 0 aliphatic heterocycles. The van der Waals surface area contributed by atoms with Gasteiger partial charge in [-0.15, -0.1) is 0 Å². The van der Waals surface area contributed by atoms with E-state index in [-0.39, 0.29) is 0 Å². The fourth-order valence-corrected chi connectivity index (χ4v) is 1.97. The summed E-state index contributed by atoms with van der Waals surface area (Å²) in [5.74, 6) is -1.14. The van der Waals surface area contributed by atoms with Crippen LogP contribution in [0.1, 0.15) is 56.9 Å². The maximum Gasteiger partial charge on any atom is 0.311 e. The molecule has 0 aliphatic carbocycles. The monoisotopic (exact) mass is 235 g/mol. The molecule has 0 saturated heterocycles. The number of hydrogen-bond acceptors (Lipinski definition) is 2. The van der Waals surface area contributed by atoms with Gasteiger partial charge in [-0.05, 0) is 18.1 Å². The number of carboxylic acids is 1. The Labute approximate surface area is 103 Å². The summed E-state index contributed by atoms with van der Waals surface area (Å²) in [4.78, 5) is 15.2. The van der Waals surface area contributed by atoms with Gasteiger partial charge in [0.25, 0.3) is 0 Å². The lowest BCUT2D eigenvalue weighted by molar-refractivity contribution is -0.139. The van der Waals surface area contributed by atoms with Gasteiger partial charge >= 0.3 is 5.97 Å². The zero-order valence-corrected chi connectivity index (χ0v) is 10.4. The normalized spacial score (nSPS) is 12.3. The van der Waals surface area contributed by atoms with E-state index in [9.17, 15) is 9.90 Å². The Hall–Kier alpha value is -1.38. The quantitative estimate of drug-likeness (QED) is 0.700. The van der Waals surface area contributed by atoms with Crippen molar-refractivity contribution in [3.63, 3.8) is 0 Å². The van der Waals surface area contributed by atoms with Gasteiger partial charge in [0.2, 0.25) is 0 Å². The molecular formula is C14H21NO2. The van der Waals surface area contributed by atoms with E-state index in [4.69, 9.17) is 0 Å². The number of carboxylic acid groups (broad SMARTS) is 1. The molecule has 0 bridgehead atoms. The van der Waals surface area contributed by atoms with E-state index in [0.717, 1.165) is 18.4 Å². The first-order valence-corrected chi connectivity index (χ1v) is 6.38. The van der Waals surface area contributed by atoms with Crippen molar-refractivity contribution in [2.75, 3.05) is 0 Å². The molecule has 1 rings (SSSR count). The van der Waals surface area contributed by atoms with Crippen LogP contribution in [-0.4, -0.2) is 16.1 Å². The van der Waals surface area contributed by atoms with Gasteiger partial charge in [-0.3, -0.25) is 9.78 Å². The highest BCUT2D eigenvalue weighted by Crippen LogP contribution is 2.22. The van der Waals surface area contributed by atoms with Crippen molar-refractivity contribution in [2.24, 2.45) is 0 Å². The van der Waals surface area contributed by atoms with Gasteiger partial charge in [0.15, 0.2) is 0 Å². The van der Waals surface area contributed by atoms with Crippen molar-refractivity contribution >= 4 is 5.97 Å². The van der Waals surface area contributed by atoms with Crippen LogP contribution < -0.4 is 0 Å². The highest BCUT2D eigenvalue weighted by atomic mass is 16.4. The first kappa shape index (κ1) is 13.7. The first-order valence-electron chi connectivity index (χ1n) is 6.38. The number of carbonyl (C=O) groups is 1. The average Bonchev–Trinajstić information content (AvgIpc) is 2.34. The molecule has 94 valence electrons. The fourth-order valence-electron chi connectivity index (χ4n) is 1.97. The molecule has 1 heterocycles. The Morgan fingerprint density at radius 2 is 2.12 bits per heavy atom. The van der Waals surface area contributed by atoms with Gasteiger partial charge in [0.05, 0.1) is 5.92 Å². The number of aliphatic carboxylic acids is 1. The number of aromatic nitrogens is 1. The van der Waals surface area contributed by atoms with Crippen LogP contribution in [0.25, 0.3) is 0 Å². The van der Waals surface area contributed by atoms with E-state index in [0.29, 0.717) is 6.42 Å². The van der Waals surface area contributed by atoms with Crippen LogP contribution in [0.4, 0.5) is 0 Å². The van der Waals surface area contributed by atoms with Crippen LogP contribution in [0.2, 0.25) is 0 Å². The lowest BCUT2D eigenvalue weighted by Crippen LogP contribution is -2.11. The molecule has 0 radical (unpaired) electrons. The molecule has 1 N–H and O–H groups in total. The summed E-state index contributed by atoms with van der Waals surface area (Å²) in [5, 5.41) is 9.20. The van der Waals surface area contributed by atoms with Crippen molar-refractivity contribution in [3.05, 3.63) is 30.1 Å². The summed E-state index contributed by atoms with van der Waals surface area (Å²) in [6.07, 6.45) is 9.80. The smallest absolute Gasteiger partial charge is 0.311 e.